The second-order valence-corrected chi connectivity index (χ2v) is 5.25. The topological polar surface area (TPSA) is 23.5 Å². The fraction of sp³-hybridized carbons (Fsp3) is 0.500. The summed E-state index contributed by atoms with van der Waals surface area (Å²) < 4.78 is 39.5. The van der Waals surface area contributed by atoms with Gasteiger partial charge in [0.2, 0.25) is 0 Å². The zero-order chi connectivity index (χ0) is 13.3. The molecule has 0 saturated carbocycles. The average molecular weight is 324 g/mol. The minimum absolute atomic E-state index is 0.121. The van der Waals surface area contributed by atoms with Gasteiger partial charge in [-0.1, -0.05) is 15.9 Å². The first kappa shape index (κ1) is 13.7. The lowest BCUT2D eigenvalue weighted by Gasteiger charge is -2.28. The number of hydrogen-bond acceptors (Lipinski definition) is 2. The highest BCUT2D eigenvalue weighted by molar-refractivity contribution is 9.10. The second-order valence-electron chi connectivity index (χ2n) is 4.33. The molecular weight excluding hydrogens is 311 g/mol. The van der Waals surface area contributed by atoms with E-state index < -0.39 is 11.7 Å². The van der Waals surface area contributed by atoms with Gasteiger partial charge in [0.15, 0.2) is 0 Å². The molecule has 1 aromatic carbocycles. The van der Waals surface area contributed by atoms with Crippen LogP contribution in [0, 0.1) is 0 Å². The number of aliphatic hydroxyl groups is 1. The quantitative estimate of drug-likeness (QED) is 0.901. The minimum atomic E-state index is -4.38. The summed E-state index contributed by atoms with van der Waals surface area (Å²) in [7, 11) is 0. The van der Waals surface area contributed by atoms with Crippen LogP contribution >= 0.6 is 15.9 Å². The Morgan fingerprint density at radius 2 is 2.11 bits per heavy atom. The van der Waals surface area contributed by atoms with Gasteiger partial charge in [-0.25, -0.2) is 0 Å². The average Bonchev–Trinajstić information content (AvgIpc) is 2.75. The van der Waals surface area contributed by atoms with E-state index in [1.54, 1.807) is 4.90 Å². The van der Waals surface area contributed by atoms with Crippen molar-refractivity contribution in [1.29, 1.82) is 0 Å². The summed E-state index contributed by atoms with van der Waals surface area (Å²) in [5.74, 6) is 0. The predicted octanol–water partition coefficient (Wildman–Crippen LogP) is 3.43. The molecule has 1 aliphatic heterocycles. The van der Waals surface area contributed by atoms with Crippen LogP contribution in [0.3, 0.4) is 0 Å². The van der Waals surface area contributed by atoms with Crippen molar-refractivity contribution < 1.29 is 18.3 Å². The van der Waals surface area contributed by atoms with Gasteiger partial charge in [-0.3, -0.25) is 0 Å². The zero-order valence-corrected chi connectivity index (χ0v) is 11.1. The molecule has 1 fully saturated rings. The van der Waals surface area contributed by atoms with E-state index in [2.05, 4.69) is 15.9 Å². The Balaban J connectivity index is 2.45. The molecule has 18 heavy (non-hydrogen) atoms. The molecule has 0 bridgehead atoms. The van der Waals surface area contributed by atoms with Crippen molar-refractivity contribution in [3.8, 4) is 0 Å². The zero-order valence-electron chi connectivity index (χ0n) is 9.54. The lowest BCUT2D eigenvalue weighted by molar-refractivity contribution is -0.137. The van der Waals surface area contributed by atoms with Crippen molar-refractivity contribution >= 4 is 21.6 Å². The van der Waals surface area contributed by atoms with Gasteiger partial charge in [0, 0.05) is 11.0 Å². The predicted molar refractivity (Wildman–Crippen MR) is 66.6 cm³/mol. The van der Waals surface area contributed by atoms with Crippen LogP contribution in [0.25, 0.3) is 0 Å². The molecule has 0 radical (unpaired) electrons. The SMILES string of the molecule is OCC1CCCN1c1cc(Br)ccc1C(F)(F)F. The van der Waals surface area contributed by atoms with E-state index in [0.717, 1.165) is 18.9 Å². The van der Waals surface area contributed by atoms with Gasteiger partial charge < -0.3 is 10.0 Å². The molecule has 1 atom stereocenters. The van der Waals surface area contributed by atoms with Crippen molar-refractivity contribution in [2.24, 2.45) is 0 Å². The maximum Gasteiger partial charge on any atom is 0.418 e. The third-order valence-corrected chi connectivity index (χ3v) is 3.66. The number of alkyl halides is 3. The number of anilines is 1. The largest absolute Gasteiger partial charge is 0.418 e. The molecule has 2 nitrogen and oxygen atoms in total. The molecule has 1 aromatic rings. The summed E-state index contributed by atoms with van der Waals surface area (Å²) in [6.07, 6.45) is -2.85. The highest BCUT2D eigenvalue weighted by Crippen LogP contribution is 2.40. The number of nitrogens with zero attached hydrogens (tertiary/aromatic N) is 1. The van der Waals surface area contributed by atoms with E-state index in [1.165, 1.54) is 12.1 Å². The Morgan fingerprint density at radius 1 is 1.39 bits per heavy atom. The van der Waals surface area contributed by atoms with Crippen LogP contribution in [0.1, 0.15) is 18.4 Å². The van der Waals surface area contributed by atoms with Crippen LogP contribution in [0.15, 0.2) is 22.7 Å². The van der Waals surface area contributed by atoms with Gasteiger partial charge in [0.25, 0.3) is 0 Å². The van der Waals surface area contributed by atoms with E-state index in [1.807, 2.05) is 0 Å². The molecule has 1 N–H and O–H groups in total. The number of aliphatic hydroxyl groups excluding tert-OH is 1. The molecule has 0 amide bonds. The number of benzene rings is 1. The molecule has 0 spiro atoms. The van der Waals surface area contributed by atoms with Crippen LogP contribution in [-0.4, -0.2) is 24.3 Å². The van der Waals surface area contributed by atoms with Gasteiger partial charge in [-0.05, 0) is 31.0 Å². The van der Waals surface area contributed by atoms with E-state index in [4.69, 9.17) is 0 Å². The molecule has 1 aliphatic rings. The smallest absolute Gasteiger partial charge is 0.394 e. The molecule has 1 saturated heterocycles. The summed E-state index contributed by atoms with van der Waals surface area (Å²) in [5.41, 5.74) is -0.500. The molecule has 100 valence electrons. The van der Waals surface area contributed by atoms with E-state index in [0.29, 0.717) is 11.0 Å². The number of halogens is 4. The molecule has 1 unspecified atom stereocenters. The molecule has 2 rings (SSSR count). The van der Waals surface area contributed by atoms with Crippen molar-refractivity contribution in [2.75, 3.05) is 18.1 Å². The van der Waals surface area contributed by atoms with Crippen LogP contribution in [0.2, 0.25) is 0 Å². The van der Waals surface area contributed by atoms with Gasteiger partial charge in [0.1, 0.15) is 0 Å². The summed E-state index contributed by atoms with van der Waals surface area (Å²) in [6, 6.07) is 3.71. The highest BCUT2D eigenvalue weighted by atomic mass is 79.9. The summed E-state index contributed by atoms with van der Waals surface area (Å²) in [4.78, 5) is 1.65. The standard InChI is InChI=1S/C12H13BrF3NO/c13-8-3-4-10(12(14,15)16)11(6-8)17-5-1-2-9(17)7-18/h3-4,6,9,18H,1-2,5,7H2. The van der Waals surface area contributed by atoms with Gasteiger partial charge >= 0.3 is 6.18 Å². The minimum Gasteiger partial charge on any atom is -0.394 e. The summed E-state index contributed by atoms with van der Waals surface area (Å²) >= 11 is 3.20. The molecular formula is C12H13BrF3NO. The Labute approximate surface area is 112 Å². The van der Waals surface area contributed by atoms with Crippen LogP contribution < -0.4 is 4.90 Å². The monoisotopic (exact) mass is 323 g/mol. The van der Waals surface area contributed by atoms with Crippen molar-refractivity contribution in [3.63, 3.8) is 0 Å². The van der Waals surface area contributed by atoms with Crippen LogP contribution in [0.4, 0.5) is 18.9 Å². The van der Waals surface area contributed by atoms with Crippen molar-refractivity contribution in [1.82, 2.24) is 0 Å². The van der Waals surface area contributed by atoms with Crippen LogP contribution in [0.5, 0.6) is 0 Å². The maximum atomic E-state index is 13.0. The maximum absolute atomic E-state index is 13.0. The second kappa shape index (κ2) is 5.09. The molecule has 1 heterocycles. The van der Waals surface area contributed by atoms with E-state index in [9.17, 15) is 18.3 Å². The number of hydrogen-bond donors (Lipinski definition) is 1. The lowest BCUT2D eigenvalue weighted by atomic mass is 10.1. The Bertz CT molecular complexity index is 436. The first-order valence-electron chi connectivity index (χ1n) is 5.67. The fourth-order valence-electron chi connectivity index (χ4n) is 2.32. The molecule has 0 aromatic heterocycles. The highest BCUT2D eigenvalue weighted by Gasteiger charge is 2.37. The van der Waals surface area contributed by atoms with Crippen LogP contribution in [-0.2, 0) is 6.18 Å². The first-order chi connectivity index (χ1) is 8.43. The van der Waals surface area contributed by atoms with Crippen molar-refractivity contribution in [2.45, 2.75) is 25.1 Å². The first-order valence-corrected chi connectivity index (χ1v) is 6.47. The Hall–Kier alpha value is -0.750. The summed E-state index contributed by atoms with van der Waals surface area (Å²) in [6.45, 7) is 0.425. The van der Waals surface area contributed by atoms with Gasteiger partial charge in [-0.15, -0.1) is 0 Å². The van der Waals surface area contributed by atoms with E-state index >= 15 is 0 Å². The third kappa shape index (κ3) is 2.64. The summed E-state index contributed by atoms with van der Waals surface area (Å²) in [5, 5.41) is 9.23. The van der Waals surface area contributed by atoms with Gasteiger partial charge in [-0.2, -0.15) is 13.2 Å². The fourth-order valence-corrected chi connectivity index (χ4v) is 2.67. The molecule has 6 heteroatoms. The van der Waals surface area contributed by atoms with Crippen molar-refractivity contribution in [3.05, 3.63) is 28.2 Å². The molecule has 0 aliphatic carbocycles. The van der Waals surface area contributed by atoms with Gasteiger partial charge in [0.05, 0.1) is 23.9 Å². The number of rotatable bonds is 2. The Morgan fingerprint density at radius 3 is 2.72 bits per heavy atom. The third-order valence-electron chi connectivity index (χ3n) is 3.16. The lowest BCUT2D eigenvalue weighted by Crippen LogP contribution is -2.33. The Kier molecular flexibility index (Phi) is 3.87. The normalized spacial score (nSPS) is 20.5. The van der Waals surface area contributed by atoms with E-state index in [-0.39, 0.29) is 18.3 Å².